The highest BCUT2D eigenvalue weighted by molar-refractivity contribution is 6.30. The van der Waals surface area contributed by atoms with Crippen LogP contribution in [-0.4, -0.2) is 43.6 Å². The van der Waals surface area contributed by atoms with Crippen molar-refractivity contribution in [1.29, 1.82) is 0 Å². The number of fused-ring (bicyclic) bond motifs is 3. The van der Waals surface area contributed by atoms with Crippen molar-refractivity contribution in [3.05, 3.63) is 63.9 Å². The second-order valence-electron chi connectivity index (χ2n) is 9.52. The Morgan fingerprint density at radius 2 is 1.91 bits per heavy atom. The standard InChI is InChI=1S/C29H33ClN2O3/c1-4-34-28-20(3)29-25(23-10-5-6-11-26(23)35-29)18-24(28)19(2)16-27(33)32-14-12-31(13-15-32)22-9-7-8-21(30)17-22/h7-9,16-18H,4-6,10-15H2,1-3H3/b19-16+. The monoisotopic (exact) mass is 492 g/mol. The number of piperazine rings is 1. The van der Waals surface area contributed by atoms with E-state index in [0.717, 1.165) is 70.4 Å². The van der Waals surface area contributed by atoms with Gasteiger partial charge in [-0.15, -0.1) is 0 Å². The molecule has 184 valence electrons. The molecule has 1 saturated heterocycles. The third kappa shape index (κ3) is 4.66. The highest BCUT2D eigenvalue weighted by Gasteiger charge is 2.24. The molecule has 0 bridgehead atoms. The van der Waals surface area contributed by atoms with Crippen molar-refractivity contribution in [3.63, 3.8) is 0 Å². The molecule has 0 atom stereocenters. The van der Waals surface area contributed by atoms with Gasteiger partial charge in [0, 0.05) is 71.5 Å². The first kappa shape index (κ1) is 23.8. The zero-order valence-electron chi connectivity index (χ0n) is 20.8. The molecule has 3 aromatic rings. The van der Waals surface area contributed by atoms with Crippen LogP contribution in [-0.2, 0) is 17.6 Å². The molecule has 5 rings (SSSR count). The summed E-state index contributed by atoms with van der Waals surface area (Å²) in [6.45, 7) is 9.56. The number of furan rings is 1. The zero-order valence-corrected chi connectivity index (χ0v) is 21.6. The Balaban J connectivity index is 1.39. The number of carbonyl (C=O) groups excluding carboxylic acids is 1. The van der Waals surface area contributed by atoms with Gasteiger partial charge < -0.3 is 19.0 Å². The number of hydrogen-bond donors (Lipinski definition) is 0. The summed E-state index contributed by atoms with van der Waals surface area (Å²) in [6, 6.07) is 10.1. The number of anilines is 1. The Hall–Kier alpha value is -2.92. The number of aryl methyl sites for hydroxylation is 3. The van der Waals surface area contributed by atoms with Crippen LogP contribution in [0.5, 0.6) is 5.75 Å². The SMILES string of the molecule is CCOc1c(/C(C)=C/C(=O)N2CCN(c3cccc(Cl)c3)CC2)cc2c3c(oc2c1C)CCCC3. The summed E-state index contributed by atoms with van der Waals surface area (Å²) < 4.78 is 12.4. The van der Waals surface area contributed by atoms with E-state index >= 15 is 0 Å². The van der Waals surface area contributed by atoms with Gasteiger partial charge in [-0.3, -0.25) is 4.79 Å². The third-order valence-electron chi connectivity index (χ3n) is 7.24. The van der Waals surface area contributed by atoms with Crippen molar-refractivity contribution in [3.8, 4) is 5.75 Å². The highest BCUT2D eigenvalue weighted by atomic mass is 35.5. The fourth-order valence-electron chi connectivity index (χ4n) is 5.37. The first-order chi connectivity index (χ1) is 17.0. The predicted octanol–water partition coefficient (Wildman–Crippen LogP) is 6.42. The largest absolute Gasteiger partial charge is 0.493 e. The molecule has 6 heteroatoms. The predicted molar refractivity (Wildman–Crippen MR) is 143 cm³/mol. The smallest absolute Gasteiger partial charge is 0.246 e. The van der Waals surface area contributed by atoms with Crippen LogP contribution in [0.3, 0.4) is 0 Å². The lowest BCUT2D eigenvalue weighted by atomic mass is 9.93. The van der Waals surface area contributed by atoms with Gasteiger partial charge >= 0.3 is 0 Å². The van der Waals surface area contributed by atoms with Crippen molar-refractivity contribution < 1.29 is 13.9 Å². The molecule has 2 heterocycles. The van der Waals surface area contributed by atoms with E-state index in [1.807, 2.05) is 36.9 Å². The summed E-state index contributed by atoms with van der Waals surface area (Å²) in [5, 5.41) is 1.90. The van der Waals surface area contributed by atoms with E-state index < -0.39 is 0 Å². The number of hydrogen-bond acceptors (Lipinski definition) is 4. The van der Waals surface area contributed by atoms with Crippen LogP contribution in [0.15, 0.2) is 40.8 Å². The van der Waals surface area contributed by atoms with Crippen LogP contribution in [0.4, 0.5) is 5.69 Å². The zero-order chi connectivity index (χ0) is 24.5. The van der Waals surface area contributed by atoms with Crippen molar-refractivity contribution >= 4 is 39.7 Å². The van der Waals surface area contributed by atoms with Crippen LogP contribution in [0.25, 0.3) is 16.5 Å². The topological polar surface area (TPSA) is 45.9 Å². The maximum absolute atomic E-state index is 13.2. The summed E-state index contributed by atoms with van der Waals surface area (Å²) in [7, 11) is 0. The van der Waals surface area contributed by atoms with Gasteiger partial charge in [-0.25, -0.2) is 0 Å². The van der Waals surface area contributed by atoms with Gasteiger partial charge in [0.1, 0.15) is 17.1 Å². The first-order valence-corrected chi connectivity index (χ1v) is 13.0. The van der Waals surface area contributed by atoms with Gasteiger partial charge in [0.15, 0.2) is 0 Å². The lowest BCUT2D eigenvalue weighted by Gasteiger charge is -2.35. The fourth-order valence-corrected chi connectivity index (χ4v) is 5.56. The second kappa shape index (κ2) is 9.98. The van der Waals surface area contributed by atoms with E-state index in [1.165, 1.54) is 23.8 Å². The minimum atomic E-state index is 0.0441. The average molecular weight is 493 g/mol. The molecular formula is C29H33ClN2O3. The minimum Gasteiger partial charge on any atom is -0.493 e. The van der Waals surface area contributed by atoms with E-state index in [1.54, 1.807) is 6.08 Å². The molecule has 1 amide bonds. The minimum absolute atomic E-state index is 0.0441. The van der Waals surface area contributed by atoms with Gasteiger partial charge in [-0.1, -0.05) is 17.7 Å². The summed E-state index contributed by atoms with van der Waals surface area (Å²) >= 11 is 6.16. The van der Waals surface area contributed by atoms with Crippen LogP contribution in [0.1, 0.15) is 49.1 Å². The third-order valence-corrected chi connectivity index (χ3v) is 7.48. The van der Waals surface area contributed by atoms with Crippen LogP contribution >= 0.6 is 11.6 Å². The summed E-state index contributed by atoms with van der Waals surface area (Å²) in [6.07, 6.45) is 6.18. The number of allylic oxidation sites excluding steroid dienone is 1. The van der Waals surface area contributed by atoms with E-state index in [2.05, 4.69) is 24.0 Å². The lowest BCUT2D eigenvalue weighted by Crippen LogP contribution is -2.48. The van der Waals surface area contributed by atoms with E-state index in [9.17, 15) is 4.79 Å². The van der Waals surface area contributed by atoms with E-state index in [-0.39, 0.29) is 5.91 Å². The number of rotatable bonds is 5. The maximum atomic E-state index is 13.2. The van der Waals surface area contributed by atoms with Crippen molar-refractivity contribution in [2.45, 2.75) is 46.5 Å². The Morgan fingerprint density at radius 1 is 1.14 bits per heavy atom. The molecule has 1 aliphatic carbocycles. The Kier molecular flexibility index (Phi) is 6.79. The molecule has 0 radical (unpaired) electrons. The van der Waals surface area contributed by atoms with Crippen molar-refractivity contribution in [2.24, 2.45) is 0 Å². The van der Waals surface area contributed by atoms with Crippen molar-refractivity contribution in [2.75, 3.05) is 37.7 Å². The normalized spacial score (nSPS) is 16.5. The van der Waals surface area contributed by atoms with Gasteiger partial charge in [0.25, 0.3) is 0 Å². The van der Waals surface area contributed by atoms with Crippen LogP contribution in [0.2, 0.25) is 5.02 Å². The summed E-state index contributed by atoms with van der Waals surface area (Å²) in [5.74, 6) is 1.98. The van der Waals surface area contributed by atoms with Crippen LogP contribution in [0, 0.1) is 6.92 Å². The molecule has 0 N–H and O–H groups in total. The maximum Gasteiger partial charge on any atom is 0.246 e. The highest BCUT2D eigenvalue weighted by Crippen LogP contribution is 2.41. The molecule has 2 aliphatic rings. The molecule has 2 aromatic carbocycles. The number of halogens is 1. The molecule has 0 spiro atoms. The fraction of sp³-hybridized carbons (Fsp3) is 0.414. The summed E-state index contributed by atoms with van der Waals surface area (Å²) in [5.41, 5.74) is 6.28. The first-order valence-electron chi connectivity index (χ1n) is 12.6. The second-order valence-corrected chi connectivity index (χ2v) is 9.95. The number of carbonyl (C=O) groups is 1. The summed E-state index contributed by atoms with van der Waals surface area (Å²) in [4.78, 5) is 17.4. The molecule has 1 aromatic heterocycles. The number of benzene rings is 2. The van der Waals surface area contributed by atoms with Crippen molar-refractivity contribution in [1.82, 2.24) is 4.90 Å². The lowest BCUT2D eigenvalue weighted by molar-refractivity contribution is -0.126. The molecule has 35 heavy (non-hydrogen) atoms. The van der Waals surface area contributed by atoms with Crippen LogP contribution < -0.4 is 9.64 Å². The number of nitrogens with zero attached hydrogens (tertiary/aromatic N) is 2. The molecule has 0 saturated carbocycles. The molecule has 1 aliphatic heterocycles. The Bertz CT molecular complexity index is 1280. The quantitative estimate of drug-likeness (QED) is 0.385. The van der Waals surface area contributed by atoms with Gasteiger partial charge in [0.05, 0.1) is 6.61 Å². The van der Waals surface area contributed by atoms with E-state index in [0.29, 0.717) is 19.7 Å². The average Bonchev–Trinajstić information content (AvgIpc) is 3.25. The van der Waals surface area contributed by atoms with Gasteiger partial charge in [-0.2, -0.15) is 0 Å². The Labute approximate surface area is 212 Å². The Morgan fingerprint density at radius 3 is 2.66 bits per heavy atom. The molecule has 0 unspecified atom stereocenters. The van der Waals surface area contributed by atoms with Gasteiger partial charge in [-0.05, 0) is 69.9 Å². The molecule has 5 nitrogen and oxygen atoms in total. The molecular weight excluding hydrogens is 460 g/mol. The number of amides is 1. The number of ether oxygens (including phenoxy) is 1. The molecule has 1 fully saturated rings. The van der Waals surface area contributed by atoms with Gasteiger partial charge in [0.2, 0.25) is 5.91 Å². The van der Waals surface area contributed by atoms with E-state index in [4.69, 9.17) is 20.8 Å².